The van der Waals surface area contributed by atoms with Crippen LogP contribution in [0.3, 0.4) is 0 Å². The van der Waals surface area contributed by atoms with Crippen molar-refractivity contribution >= 4 is 11.8 Å². The predicted molar refractivity (Wildman–Crippen MR) is 161 cm³/mol. The molecule has 0 aromatic carbocycles. The summed E-state index contributed by atoms with van der Waals surface area (Å²) in [7, 11) is 0. The molecule has 1 unspecified atom stereocenters. The number of ketones is 1. The van der Waals surface area contributed by atoms with Gasteiger partial charge in [0.2, 0.25) is 0 Å². The van der Waals surface area contributed by atoms with Crippen molar-refractivity contribution in [2.45, 2.75) is 194 Å². The summed E-state index contributed by atoms with van der Waals surface area (Å²) >= 11 is 0. The number of ether oxygens (including phenoxy) is 1. The van der Waals surface area contributed by atoms with Crippen LogP contribution in [-0.4, -0.2) is 18.4 Å². The van der Waals surface area contributed by atoms with Gasteiger partial charge in [0.15, 0.2) is 0 Å². The van der Waals surface area contributed by atoms with E-state index in [2.05, 4.69) is 20.8 Å². The second-order valence-corrected chi connectivity index (χ2v) is 11.5. The van der Waals surface area contributed by atoms with Crippen molar-refractivity contribution in [3.8, 4) is 0 Å². The van der Waals surface area contributed by atoms with Crippen molar-refractivity contribution in [3.05, 3.63) is 0 Å². The highest BCUT2D eigenvalue weighted by Crippen LogP contribution is 2.19. The molecule has 0 aromatic rings. The van der Waals surface area contributed by atoms with Crippen LogP contribution in [0.15, 0.2) is 0 Å². The monoisotopic (exact) mass is 523 g/mol. The summed E-state index contributed by atoms with van der Waals surface area (Å²) in [6, 6.07) is 0. The molecule has 37 heavy (non-hydrogen) atoms. The van der Waals surface area contributed by atoms with E-state index in [1.165, 1.54) is 122 Å². The van der Waals surface area contributed by atoms with Crippen molar-refractivity contribution in [1.29, 1.82) is 0 Å². The van der Waals surface area contributed by atoms with Gasteiger partial charge >= 0.3 is 5.97 Å². The molecule has 0 fully saturated rings. The first kappa shape index (κ1) is 36.1. The highest BCUT2D eigenvalue weighted by atomic mass is 16.5. The van der Waals surface area contributed by atoms with Crippen LogP contribution in [0.25, 0.3) is 0 Å². The molecule has 0 heterocycles. The SMILES string of the molecule is CCCCCCCCCCCCC(C(=O)CCCCCCCCCCC)C(=O)OCCCCCCCC. The number of unbranched alkanes of at least 4 members (excludes halogenated alkanes) is 22. The van der Waals surface area contributed by atoms with Crippen molar-refractivity contribution in [2.75, 3.05) is 6.61 Å². The lowest BCUT2D eigenvalue weighted by Crippen LogP contribution is -2.26. The Morgan fingerprint density at radius 3 is 1.24 bits per heavy atom. The third-order valence-corrected chi connectivity index (χ3v) is 7.79. The Labute approximate surface area is 232 Å². The first-order valence-electron chi connectivity index (χ1n) is 16.9. The van der Waals surface area contributed by atoms with Gasteiger partial charge in [0.1, 0.15) is 11.7 Å². The molecule has 0 bridgehead atoms. The van der Waals surface area contributed by atoms with Gasteiger partial charge in [-0.05, 0) is 19.3 Å². The molecule has 0 radical (unpaired) electrons. The molecule has 0 aliphatic rings. The highest BCUT2D eigenvalue weighted by molar-refractivity contribution is 5.98. The Hall–Kier alpha value is -0.860. The van der Waals surface area contributed by atoms with Gasteiger partial charge in [0, 0.05) is 6.42 Å². The second-order valence-electron chi connectivity index (χ2n) is 11.5. The van der Waals surface area contributed by atoms with Crippen LogP contribution >= 0.6 is 0 Å². The fraction of sp³-hybridized carbons (Fsp3) is 0.941. The Morgan fingerprint density at radius 1 is 0.459 bits per heavy atom. The lowest BCUT2D eigenvalue weighted by molar-refractivity contribution is -0.152. The fourth-order valence-corrected chi connectivity index (χ4v) is 5.19. The molecule has 3 nitrogen and oxygen atoms in total. The maximum Gasteiger partial charge on any atom is 0.316 e. The van der Waals surface area contributed by atoms with Crippen LogP contribution in [0.5, 0.6) is 0 Å². The minimum atomic E-state index is -0.525. The topological polar surface area (TPSA) is 43.4 Å². The van der Waals surface area contributed by atoms with E-state index in [9.17, 15) is 9.59 Å². The molecular weight excluding hydrogens is 456 g/mol. The van der Waals surface area contributed by atoms with Crippen molar-refractivity contribution < 1.29 is 14.3 Å². The van der Waals surface area contributed by atoms with E-state index < -0.39 is 5.92 Å². The van der Waals surface area contributed by atoms with Crippen molar-refractivity contribution in [1.82, 2.24) is 0 Å². The van der Waals surface area contributed by atoms with Gasteiger partial charge in [-0.2, -0.15) is 0 Å². The molecule has 0 aliphatic carbocycles. The van der Waals surface area contributed by atoms with Gasteiger partial charge < -0.3 is 4.74 Å². The number of Topliss-reactive ketones (excluding diaryl/α,β-unsaturated/α-hetero) is 1. The molecule has 0 aliphatic heterocycles. The van der Waals surface area contributed by atoms with Crippen LogP contribution in [0, 0.1) is 5.92 Å². The minimum Gasteiger partial charge on any atom is -0.465 e. The molecule has 0 aromatic heterocycles. The van der Waals surface area contributed by atoms with E-state index in [4.69, 9.17) is 4.74 Å². The lowest BCUT2D eigenvalue weighted by Gasteiger charge is -2.15. The van der Waals surface area contributed by atoms with Crippen molar-refractivity contribution in [3.63, 3.8) is 0 Å². The maximum absolute atomic E-state index is 13.0. The van der Waals surface area contributed by atoms with Crippen LogP contribution in [0.4, 0.5) is 0 Å². The van der Waals surface area contributed by atoms with E-state index in [1.54, 1.807) is 0 Å². The Kier molecular flexibility index (Phi) is 29.0. The minimum absolute atomic E-state index is 0.131. The zero-order chi connectivity index (χ0) is 27.2. The summed E-state index contributed by atoms with van der Waals surface area (Å²) in [6.45, 7) is 7.22. The number of hydrogen-bond acceptors (Lipinski definition) is 3. The smallest absolute Gasteiger partial charge is 0.316 e. The third kappa shape index (κ3) is 25.2. The average Bonchev–Trinajstić information content (AvgIpc) is 2.90. The number of carbonyl (C=O) groups excluding carboxylic acids is 2. The average molecular weight is 523 g/mol. The summed E-state index contributed by atoms with van der Waals surface area (Å²) in [6.07, 6.45) is 32.2. The van der Waals surface area contributed by atoms with Crippen LogP contribution in [0.1, 0.15) is 194 Å². The van der Waals surface area contributed by atoms with Crippen LogP contribution in [-0.2, 0) is 14.3 Å². The second kappa shape index (κ2) is 29.7. The van der Waals surface area contributed by atoms with E-state index >= 15 is 0 Å². The van der Waals surface area contributed by atoms with Gasteiger partial charge in [-0.25, -0.2) is 0 Å². The largest absolute Gasteiger partial charge is 0.465 e. The summed E-state index contributed by atoms with van der Waals surface area (Å²) < 4.78 is 5.61. The summed E-state index contributed by atoms with van der Waals surface area (Å²) in [5, 5.41) is 0. The zero-order valence-electron chi connectivity index (χ0n) is 25.6. The zero-order valence-corrected chi connectivity index (χ0v) is 25.6. The van der Waals surface area contributed by atoms with Crippen LogP contribution in [0.2, 0.25) is 0 Å². The highest BCUT2D eigenvalue weighted by Gasteiger charge is 2.26. The Bertz CT molecular complexity index is 487. The number of rotatable bonds is 30. The van der Waals surface area contributed by atoms with Gasteiger partial charge in [0.25, 0.3) is 0 Å². The van der Waals surface area contributed by atoms with Gasteiger partial charge in [-0.15, -0.1) is 0 Å². The summed E-state index contributed by atoms with van der Waals surface area (Å²) in [5.41, 5.74) is 0. The Morgan fingerprint density at radius 2 is 0.811 bits per heavy atom. The first-order chi connectivity index (χ1) is 18.2. The maximum atomic E-state index is 13.0. The fourth-order valence-electron chi connectivity index (χ4n) is 5.19. The predicted octanol–water partition coefficient (Wildman–Crippen LogP) is 11.3. The molecule has 0 saturated heterocycles. The normalized spacial score (nSPS) is 12.1. The van der Waals surface area contributed by atoms with Gasteiger partial charge in [-0.1, -0.05) is 168 Å². The molecule has 0 rings (SSSR count). The van der Waals surface area contributed by atoms with Gasteiger partial charge in [0.05, 0.1) is 6.61 Å². The molecular formula is C34H66O3. The number of hydrogen-bond donors (Lipinski definition) is 0. The molecule has 3 heteroatoms. The standard InChI is InChI=1S/C34H66O3/c1-4-7-10-13-16-18-20-21-23-26-29-32(34(36)37-31-28-25-15-12-9-6-3)33(35)30-27-24-22-19-17-14-11-8-5-2/h32H,4-31H2,1-3H3. The van der Waals surface area contributed by atoms with E-state index in [0.29, 0.717) is 19.4 Å². The summed E-state index contributed by atoms with van der Waals surface area (Å²) in [5.74, 6) is -0.639. The number of carbonyl (C=O) groups is 2. The summed E-state index contributed by atoms with van der Waals surface area (Å²) in [4.78, 5) is 25.8. The van der Waals surface area contributed by atoms with Crippen LogP contribution < -0.4 is 0 Å². The third-order valence-electron chi connectivity index (χ3n) is 7.79. The number of esters is 1. The molecule has 0 spiro atoms. The quantitative estimate of drug-likeness (QED) is 0.0535. The molecule has 0 N–H and O–H groups in total. The van der Waals surface area contributed by atoms with Gasteiger partial charge in [-0.3, -0.25) is 9.59 Å². The van der Waals surface area contributed by atoms with E-state index in [-0.39, 0.29) is 11.8 Å². The van der Waals surface area contributed by atoms with E-state index in [0.717, 1.165) is 38.5 Å². The van der Waals surface area contributed by atoms with E-state index in [1.807, 2.05) is 0 Å². The Balaban J connectivity index is 4.23. The lowest BCUT2D eigenvalue weighted by atomic mass is 9.92. The molecule has 0 amide bonds. The van der Waals surface area contributed by atoms with Crippen molar-refractivity contribution in [2.24, 2.45) is 5.92 Å². The molecule has 1 atom stereocenters. The molecule has 0 saturated carbocycles. The first-order valence-corrected chi connectivity index (χ1v) is 16.9. The molecule has 220 valence electrons.